The Hall–Kier alpha value is -0.650. The fourth-order valence-corrected chi connectivity index (χ4v) is 2.56. The third-order valence-electron chi connectivity index (χ3n) is 3.45. The summed E-state index contributed by atoms with van der Waals surface area (Å²) in [6.45, 7) is 3.32. The minimum absolute atomic E-state index is 0.193. The minimum atomic E-state index is -0.334. The number of nitrogens with zero attached hydrogens (tertiary/aromatic N) is 1. The number of amides is 1. The van der Waals surface area contributed by atoms with Crippen LogP contribution in [-0.4, -0.2) is 42.6 Å². The van der Waals surface area contributed by atoms with Crippen LogP contribution in [0.1, 0.15) is 32.1 Å². The highest BCUT2D eigenvalue weighted by Gasteiger charge is 2.31. The topological polar surface area (TPSA) is 67.6 Å². The molecular weight excluding hydrogens is 206 g/mol. The number of hydrogen-bond acceptors (Lipinski definition) is 4. The monoisotopic (exact) mass is 227 g/mol. The first-order chi connectivity index (χ1) is 7.79. The average molecular weight is 227 g/mol. The zero-order chi connectivity index (χ0) is 11.4. The number of ether oxygens (including phenoxy) is 1. The third kappa shape index (κ3) is 2.93. The molecule has 0 saturated carbocycles. The van der Waals surface area contributed by atoms with Crippen LogP contribution in [0.3, 0.4) is 0 Å². The van der Waals surface area contributed by atoms with E-state index in [4.69, 9.17) is 10.6 Å². The highest BCUT2D eigenvalue weighted by Crippen LogP contribution is 2.21. The highest BCUT2D eigenvalue weighted by atomic mass is 16.5. The lowest BCUT2D eigenvalue weighted by Gasteiger charge is -2.28. The van der Waals surface area contributed by atoms with Gasteiger partial charge in [-0.05, 0) is 38.8 Å². The van der Waals surface area contributed by atoms with Crippen LogP contribution in [0.2, 0.25) is 0 Å². The first-order valence-corrected chi connectivity index (χ1v) is 6.18. The van der Waals surface area contributed by atoms with Crippen molar-refractivity contribution in [2.75, 3.05) is 19.6 Å². The highest BCUT2D eigenvalue weighted by molar-refractivity contribution is 5.80. The number of hydrogen-bond donors (Lipinski definition) is 2. The van der Waals surface area contributed by atoms with Crippen LogP contribution in [0.5, 0.6) is 0 Å². The third-order valence-corrected chi connectivity index (χ3v) is 3.45. The van der Waals surface area contributed by atoms with Crippen LogP contribution in [0.15, 0.2) is 0 Å². The van der Waals surface area contributed by atoms with Crippen molar-refractivity contribution in [3.63, 3.8) is 0 Å². The second-order valence-electron chi connectivity index (χ2n) is 4.69. The summed E-state index contributed by atoms with van der Waals surface area (Å²) in [6.07, 6.45) is 5.56. The van der Waals surface area contributed by atoms with Crippen LogP contribution >= 0.6 is 0 Å². The summed E-state index contributed by atoms with van der Waals surface area (Å²) >= 11 is 0. The van der Waals surface area contributed by atoms with Crippen molar-refractivity contribution in [2.45, 2.75) is 44.3 Å². The van der Waals surface area contributed by atoms with Gasteiger partial charge in [0, 0.05) is 6.54 Å². The normalized spacial score (nSPS) is 31.6. The van der Waals surface area contributed by atoms with Gasteiger partial charge in [-0.3, -0.25) is 10.2 Å². The lowest BCUT2D eigenvalue weighted by Crippen LogP contribution is -2.40. The van der Waals surface area contributed by atoms with Gasteiger partial charge < -0.3 is 9.64 Å². The summed E-state index contributed by atoms with van der Waals surface area (Å²) in [5.74, 6) is 4.90. The Balaban J connectivity index is 1.73. The predicted octanol–water partition coefficient (Wildman–Crippen LogP) is 0.00980. The summed E-state index contributed by atoms with van der Waals surface area (Å²) in [4.78, 5) is 13.7. The Morgan fingerprint density at radius 2 is 2.06 bits per heavy atom. The second kappa shape index (κ2) is 5.61. The summed E-state index contributed by atoms with van der Waals surface area (Å²) in [7, 11) is 0. The molecule has 1 amide bonds. The fourth-order valence-electron chi connectivity index (χ4n) is 2.56. The van der Waals surface area contributed by atoms with Gasteiger partial charge in [-0.15, -0.1) is 0 Å². The number of nitrogens with one attached hydrogen (secondary N) is 1. The fraction of sp³-hybridized carbons (Fsp3) is 0.909. The van der Waals surface area contributed by atoms with E-state index in [9.17, 15) is 4.79 Å². The molecule has 2 saturated heterocycles. The number of piperidine rings is 1. The van der Waals surface area contributed by atoms with Gasteiger partial charge in [0.25, 0.3) is 5.91 Å². The molecule has 16 heavy (non-hydrogen) atoms. The number of rotatable bonds is 3. The maximum Gasteiger partial charge on any atom is 0.263 e. The molecule has 2 heterocycles. The zero-order valence-corrected chi connectivity index (χ0v) is 9.65. The molecule has 0 aromatic carbocycles. The molecule has 0 aliphatic carbocycles. The second-order valence-corrected chi connectivity index (χ2v) is 4.69. The Labute approximate surface area is 96.3 Å². The van der Waals surface area contributed by atoms with Gasteiger partial charge in [-0.2, -0.15) is 0 Å². The van der Waals surface area contributed by atoms with Gasteiger partial charge in [-0.1, -0.05) is 6.42 Å². The van der Waals surface area contributed by atoms with Gasteiger partial charge in [0.05, 0.1) is 6.10 Å². The molecule has 2 rings (SSSR count). The lowest BCUT2D eigenvalue weighted by molar-refractivity contribution is -0.132. The molecule has 2 unspecified atom stereocenters. The van der Waals surface area contributed by atoms with E-state index in [1.165, 1.54) is 32.4 Å². The van der Waals surface area contributed by atoms with Crippen LogP contribution in [0.25, 0.3) is 0 Å². The maximum absolute atomic E-state index is 11.3. The number of carbonyl (C=O) groups excluding carboxylic acids is 1. The Morgan fingerprint density at radius 3 is 2.75 bits per heavy atom. The molecule has 0 aromatic rings. The molecule has 2 atom stereocenters. The first kappa shape index (κ1) is 11.8. The smallest absolute Gasteiger partial charge is 0.263 e. The maximum atomic E-state index is 11.3. The minimum Gasteiger partial charge on any atom is -0.364 e. The number of carbonyl (C=O) groups is 1. The molecular formula is C11H21N3O2. The molecule has 92 valence electrons. The Morgan fingerprint density at radius 1 is 1.31 bits per heavy atom. The van der Waals surface area contributed by atoms with Crippen LogP contribution < -0.4 is 11.3 Å². The van der Waals surface area contributed by atoms with Crippen molar-refractivity contribution in [3.05, 3.63) is 0 Å². The van der Waals surface area contributed by atoms with E-state index in [0.717, 1.165) is 19.4 Å². The first-order valence-electron chi connectivity index (χ1n) is 6.18. The largest absolute Gasteiger partial charge is 0.364 e. The summed E-state index contributed by atoms with van der Waals surface area (Å²) in [5.41, 5.74) is 2.15. The lowest BCUT2D eigenvalue weighted by atomic mass is 10.1. The number of likely N-dealkylation sites (tertiary alicyclic amines) is 1. The molecule has 0 spiro atoms. The molecule has 3 N–H and O–H groups in total. The summed E-state index contributed by atoms with van der Waals surface area (Å²) < 4.78 is 5.68. The predicted molar refractivity (Wildman–Crippen MR) is 60.5 cm³/mol. The molecule has 5 heteroatoms. The molecule has 5 nitrogen and oxygen atoms in total. The van der Waals surface area contributed by atoms with Crippen molar-refractivity contribution in [1.82, 2.24) is 10.3 Å². The van der Waals surface area contributed by atoms with Crippen LogP contribution in [-0.2, 0) is 9.53 Å². The van der Waals surface area contributed by atoms with E-state index in [-0.39, 0.29) is 18.1 Å². The van der Waals surface area contributed by atoms with E-state index in [0.29, 0.717) is 0 Å². The quantitative estimate of drug-likeness (QED) is 0.405. The zero-order valence-electron chi connectivity index (χ0n) is 9.65. The standard InChI is InChI=1S/C11H21N3O2/c12-13-11(15)10-5-4-9(16-10)8-14-6-2-1-3-7-14/h9-10H,1-8,12H2,(H,13,15). The molecule has 2 fully saturated rings. The van der Waals surface area contributed by atoms with Crippen molar-refractivity contribution >= 4 is 5.91 Å². The van der Waals surface area contributed by atoms with Crippen molar-refractivity contribution in [3.8, 4) is 0 Å². The van der Waals surface area contributed by atoms with E-state index in [2.05, 4.69) is 10.3 Å². The van der Waals surface area contributed by atoms with Gasteiger partial charge in [0.2, 0.25) is 0 Å². The van der Waals surface area contributed by atoms with Gasteiger partial charge >= 0.3 is 0 Å². The van der Waals surface area contributed by atoms with E-state index < -0.39 is 0 Å². The van der Waals surface area contributed by atoms with Crippen LogP contribution in [0.4, 0.5) is 0 Å². The van der Waals surface area contributed by atoms with Crippen molar-refractivity contribution < 1.29 is 9.53 Å². The van der Waals surface area contributed by atoms with E-state index >= 15 is 0 Å². The SMILES string of the molecule is NNC(=O)C1CCC(CN2CCCCC2)O1. The van der Waals surface area contributed by atoms with E-state index in [1.54, 1.807) is 0 Å². The number of hydrazine groups is 1. The summed E-state index contributed by atoms with van der Waals surface area (Å²) in [6, 6.07) is 0. The van der Waals surface area contributed by atoms with Crippen molar-refractivity contribution in [1.29, 1.82) is 0 Å². The molecule has 0 aromatic heterocycles. The van der Waals surface area contributed by atoms with Crippen LogP contribution in [0, 0.1) is 0 Å². The molecule has 0 bridgehead atoms. The Bertz CT molecular complexity index is 241. The number of nitrogens with two attached hydrogens (primary N) is 1. The van der Waals surface area contributed by atoms with Crippen molar-refractivity contribution in [2.24, 2.45) is 5.84 Å². The van der Waals surface area contributed by atoms with E-state index in [1.807, 2.05) is 0 Å². The Kier molecular flexibility index (Phi) is 4.15. The average Bonchev–Trinajstić information content (AvgIpc) is 2.78. The summed E-state index contributed by atoms with van der Waals surface area (Å²) in [5, 5.41) is 0. The molecule has 2 aliphatic rings. The van der Waals surface area contributed by atoms with Gasteiger partial charge in [0.1, 0.15) is 6.10 Å². The van der Waals surface area contributed by atoms with Gasteiger partial charge in [-0.25, -0.2) is 5.84 Å². The molecule has 2 aliphatic heterocycles. The molecule has 0 radical (unpaired) electrons. The van der Waals surface area contributed by atoms with Gasteiger partial charge in [0.15, 0.2) is 0 Å².